The molecule has 1 fully saturated rings. The van der Waals surface area contributed by atoms with Crippen molar-refractivity contribution in [2.75, 3.05) is 5.73 Å². The summed E-state index contributed by atoms with van der Waals surface area (Å²) in [6, 6.07) is 0. The average molecular weight is 264 g/mol. The van der Waals surface area contributed by atoms with Crippen molar-refractivity contribution >= 4 is 16.3 Å². The molecule has 1 aromatic rings. The van der Waals surface area contributed by atoms with E-state index in [1.54, 1.807) is 11.3 Å². The maximum Gasteiger partial charge on any atom is 0.0913 e. The summed E-state index contributed by atoms with van der Waals surface area (Å²) in [5.41, 5.74) is 15.8. The van der Waals surface area contributed by atoms with E-state index < -0.39 is 0 Å². The highest BCUT2D eigenvalue weighted by Gasteiger charge is 2.45. The normalized spacial score (nSPS) is 25.9. The highest BCUT2D eigenvalue weighted by atomic mass is 32.1. The van der Waals surface area contributed by atoms with Gasteiger partial charge in [-0.1, -0.05) is 20.8 Å². The fraction of sp³-hybridized carbons (Fsp3) is 0.733. The number of fused-ring (bicyclic) bond motifs is 1. The second-order valence-electron chi connectivity index (χ2n) is 7.20. The molecule has 2 nitrogen and oxygen atoms in total. The molecule has 0 bridgehead atoms. The van der Waals surface area contributed by atoms with Crippen LogP contribution in [0, 0.1) is 11.3 Å². The number of rotatable bonds is 1. The summed E-state index contributed by atoms with van der Waals surface area (Å²) in [4.78, 5) is 1.52. The summed E-state index contributed by atoms with van der Waals surface area (Å²) in [5, 5.41) is 0.995. The number of thiophene rings is 1. The molecule has 0 aliphatic heterocycles. The zero-order valence-corrected chi connectivity index (χ0v) is 12.5. The van der Waals surface area contributed by atoms with E-state index in [-0.39, 0.29) is 5.54 Å². The molecule has 3 heteroatoms. The maximum atomic E-state index is 6.38. The van der Waals surface area contributed by atoms with Gasteiger partial charge in [0.15, 0.2) is 0 Å². The molecular weight excluding hydrogens is 240 g/mol. The predicted molar refractivity (Wildman–Crippen MR) is 78.8 cm³/mol. The molecule has 0 aromatic carbocycles. The van der Waals surface area contributed by atoms with E-state index in [0.717, 1.165) is 23.8 Å². The van der Waals surface area contributed by atoms with Crippen LogP contribution in [-0.4, -0.2) is 0 Å². The second-order valence-corrected chi connectivity index (χ2v) is 8.34. The Morgan fingerprint density at radius 2 is 1.94 bits per heavy atom. The fourth-order valence-electron chi connectivity index (χ4n) is 3.28. The predicted octanol–water partition coefficient (Wildman–Crippen LogP) is 3.43. The third-order valence-electron chi connectivity index (χ3n) is 4.80. The van der Waals surface area contributed by atoms with Gasteiger partial charge in [-0.25, -0.2) is 0 Å². The minimum Gasteiger partial charge on any atom is -0.390 e. The first kappa shape index (κ1) is 12.5. The van der Waals surface area contributed by atoms with E-state index in [2.05, 4.69) is 20.8 Å². The number of hydrogen-bond donors (Lipinski definition) is 2. The summed E-state index contributed by atoms with van der Waals surface area (Å²) >= 11 is 1.80. The lowest BCUT2D eigenvalue weighted by Gasteiger charge is -2.34. The smallest absolute Gasteiger partial charge is 0.0913 e. The van der Waals surface area contributed by atoms with E-state index in [1.807, 2.05) is 0 Å². The number of nitrogen functional groups attached to an aromatic ring is 1. The van der Waals surface area contributed by atoms with Crippen molar-refractivity contribution in [1.29, 1.82) is 0 Å². The first-order chi connectivity index (χ1) is 8.31. The number of nitrogens with two attached hydrogens (primary N) is 2. The van der Waals surface area contributed by atoms with Crippen LogP contribution in [0.25, 0.3) is 0 Å². The molecular formula is C15H24N2S. The van der Waals surface area contributed by atoms with Gasteiger partial charge in [-0.05, 0) is 49.0 Å². The van der Waals surface area contributed by atoms with Gasteiger partial charge < -0.3 is 11.5 Å². The molecule has 0 spiro atoms. The Labute approximate surface area is 114 Å². The van der Waals surface area contributed by atoms with E-state index in [1.165, 1.54) is 35.3 Å². The van der Waals surface area contributed by atoms with E-state index in [4.69, 9.17) is 11.5 Å². The van der Waals surface area contributed by atoms with E-state index >= 15 is 0 Å². The van der Waals surface area contributed by atoms with E-state index in [0.29, 0.717) is 5.41 Å². The van der Waals surface area contributed by atoms with Crippen LogP contribution in [0.5, 0.6) is 0 Å². The van der Waals surface area contributed by atoms with Gasteiger partial charge in [-0.3, -0.25) is 0 Å². The van der Waals surface area contributed by atoms with Gasteiger partial charge in [-0.2, -0.15) is 0 Å². The molecule has 2 aliphatic carbocycles. The van der Waals surface area contributed by atoms with Crippen molar-refractivity contribution in [2.45, 2.75) is 58.4 Å². The van der Waals surface area contributed by atoms with Crippen LogP contribution >= 0.6 is 11.3 Å². The first-order valence-electron chi connectivity index (χ1n) is 7.00. The van der Waals surface area contributed by atoms with Gasteiger partial charge in [0.2, 0.25) is 0 Å². The molecule has 1 atom stereocenters. The lowest BCUT2D eigenvalue weighted by atomic mass is 9.72. The van der Waals surface area contributed by atoms with Crippen LogP contribution in [0.15, 0.2) is 0 Å². The van der Waals surface area contributed by atoms with Crippen LogP contribution < -0.4 is 11.5 Å². The topological polar surface area (TPSA) is 52.0 Å². The summed E-state index contributed by atoms with van der Waals surface area (Å²) < 4.78 is 0. The molecule has 1 aromatic heterocycles. The van der Waals surface area contributed by atoms with Crippen molar-refractivity contribution in [2.24, 2.45) is 17.1 Å². The number of anilines is 1. The van der Waals surface area contributed by atoms with Crippen LogP contribution in [0.1, 0.15) is 56.0 Å². The molecule has 2 aliphatic rings. The molecule has 18 heavy (non-hydrogen) atoms. The van der Waals surface area contributed by atoms with Gasteiger partial charge in [0, 0.05) is 16.0 Å². The third-order valence-corrected chi connectivity index (χ3v) is 5.89. The Kier molecular flexibility index (Phi) is 2.59. The molecule has 4 N–H and O–H groups in total. The minimum absolute atomic E-state index is 0.0667. The van der Waals surface area contributed by atoms with Crippen LogP contribution in [0.4, 0.5) is 5.00 Å². The highest BCUT2D eigenvalue weighted by molar-refractivity contribution is 7.16. The quantitative estimate of drug-likeness (QED) is 0.816. The Morgan fingerprint density at radius 3 is 2.50 bits per heavy atom. The molecule has 1 heterocycles. The van der Waals surface area contributed by atoms with Gasteiger partial charge >= 0.3 is 0 Å². The van der Waals surface area contributed by atoms with Crippen molar-refractivity contribution < 1.29 is 0 Å². The van der Waals surface area contributed by atoms with Crippen molar-refractivity contribution in [3.63, 3.8) is 0 Å². The van der Waals surface area contributed by atoms with E-state index in [9.17, 15) is 0 Å². The third kappa shape index (κ3) is 1.88. The Bertz CT molecular complexity index is 477. The average Bonchev–Trinajstić information content (AvgIpc) is 2.89. The molecule has 0 radical (unpaired) electrons. The van der Waals surface area contributed by atoms with Crippen LogP contribution in [-0.2, 0) is 18.4 Å². The first-order valence-corrected chi connectivity index (χ1v) is 7.82. The zero-order valence-electron chi connectivity index (χ0n) is 11.7. The van der Waals surface area contributed by atoms with Crippen molar-refractivity contribution in [1.82, 2.24) is 0 Å². The SMILES string of the molecule is CC(C)(C)C1CCc2c(sc(N)c2C2(N)CC2)C1. The molecule has 1 unspecified atom stereocenters. The maximum absolute atomic E-state index is 6.38. The second kappa shape index (κ2) is 3.73. The molecule has 1 saturated carbocycles. The summed E-state index contributed by atoms with van der Waals surface area (Å²) in [6.45, 7) is 7.06. The fourth-order valence-corrected chi connectivity index (χ4v) is 4.58. The van der Waals surface area contributed by atoms with Gasteiger partial charge in [0.05, 0.1) is 5.00 Å². The van der Waals surface area contributed by atoms with Gasteiger partial charge in [-0.15, -0.1) is 11.3 Å². The monoisotopic (exact) mass is 264 g/mol. The molecule has 0 amide bonds. The molecule has 0 saturated heterocycles. The van der Waals surface area contributed by atoms with Crippen molar-refractivity contribution in [3.8, 4) is 0 Å². The largest absolute Gasteiger partial charge is 0.390 e. The lowest BCUT2D eigenvalue weighted by molar-refractivity contribution is 0.217. The van der Waals surface area contributed by atoms with Crippen molar-refractivity contribution in [3.05, 3.63) is 16.0 Å². The molecule has 100 valence electrons. The molecule has 3 rings (SSSR count). The lowest BCUT2D eigenvalue weighted by Crippen LogP contribution is -2.28. The summed E-state index contributed by atoms with van der Waals surface area (Å²) in [7, 11) is 0. The Hall–Kier alpha value is -0.540. The van der Waals surface area contributed by atoms with Crippen LogP contribution in [0.3, 0.4) is 0 Å². The zero-order chi connectivity index (χ0) is 13.1. The number of hydrogen-bond acceptors (Lipinski definition) is 3. The highest BCUT2D eigenvalue weighted by Crippen LogP contribution is 2.52. The minimum atomic E-state index is -0.0667. The summed E-state index contributed by atoms with van der Waals surface area (Å²) in [5.74, 6) is 0.781. The standard InChI is InChI=1S/C15H24N2S/c1-14(2,3)9-4-5-10-11(8-9)18-13(16)12(10)15(17)6-7-15/h9H,4-8,16-17H2,1-3H3. The summed E-state index contributed by atoms with van der Waals surface area (Å²) in [6.07, 6.45) is 5.89. The van der Waals surface area contributed by atoms with Crippen LogP contribution in [0.2, 0.25) is 0 Å². The Balaban J connectivity index is 1.95. The Morgan fingerprint density at radius 1 is 1.28 bits per heavy atom. The van der Waals surface area contributed by atoms with Gasteiger partial charge in [0.1, 0.15) is 0 Å². The van der Waals surface area contributed by atoms with Gasteiger partial charge in [0.25, 0.3) is 0 Å².